The van der Waals surface area contributed by atoms with Gasteiger partial charge in [-0.05, 0) is 64.7 Å². The minimum absolute atomic E-state index is 0. The second-order valence-electron chi connectivity index (χ2n) is 6.56. The lowest BCUT2D eigenvalue weighted by Gasteiger charge is -2.21. The van der Waals surface area contributed by atoms with Gasteiger partial charge in [0.2, 0.25) is 0 Å². The molecule has 1 aromatic rings. The molecule has 5 nitrogen and oxygen atoms in total. The minimum Gasteiger partial charge on any atom is -0.377 e. The molecule has 2 N–H and O–H groups in total. The fraction of sp³-hybridized carbons (Fsp3) is 0.650. The van der Waals surface area contributed by atoms with Crippen LogP contribution in [0.2, 0.25) is 0 Å². The van der Waals surface area contributed by atoms with Crippen molar-refractivity contribution in [3.05, 3.63) is 29.3 Å². The molecule has 0 aromatic heterocycles. The second-order valence-corrected chi connectivity index (χ2v) is 7.41. The Kier molecular flexibility index (Phi) is 15.1. The molecule has 0 spiro atoms. The Morgan fingerprint density at radius 2 is 2.00 bits per heavy atom. The molecule has 1 unspecified atom stereocenters. The van der Waals surface area contributed by atoms with E-state index in [9.17, 15) is 0 Å². The topological polar surface area (TPSA) is 48.9 Å². The molecule has 0 bridgehead atoms. The van der Waals surface area contributed by atoms with E-state index in [1.54, 1.807) is 11.8 Å². The van der Waals surface area contributed by atoms with Gasteiger partial charge >= 0.3 is 0 Å². The van der Waals surface area contributed by atoms with Crippen LogP contribution in [-0.4, -0.2) is 63.6 Å². The number of hydrogen-bond donors (Lipinski definition) is 2. The third kappa shape index (κ3) is 11.2. The van der Waals surface area contributed by atoms with Crippen LogP contribution in [-0.2, 0) is 11.3 Å². The number of nitrogens with one attached hydrogen (secondary N) is 2. The molecule has 1 rings (SSSR count). The van der Waals surface area contributed by atoms with Crippen molar-refractivity contribution < 1.29 is 4.74 Å². The fourth-order valence-electron chi connectivity index (χ4n) is 2.58. The molecule has 0 fully saturated rings. The predicted molar refractivity (Wildman–Crippen MR) is 130 cm³/mol. The van der Waals surface area contributed by atoms with Gasteiger partial charge in [0.05, 0.1) is 12.6 Å². The van der Waals surface area contributed by atoms with Crippen LogP contribution in [0.5, 0.6) is 0 Å². The molecule has 0 heterocycles. The Balaban J connectivity index is 0.00000676. The third-order valence-electron chi connectivity index (χ3n) is 3.99. The van der Waals surface area contributed by atoms with Crippen molar-refractivity contribution in [3.63, 3.8) is 0 Å². The highest BCUT2D eigenvalue weighted by molar-refractivity contribution is 14.0. The molecular weight excluding hydrogens is 471 g/mol. The number of aryl methyl sites for hydroxylation is 1. The summed E-state index contributed by atoms with van der Waals surface area (Å²) >= 11 is 1.77. The third-order valence-corrected chi connectivity index (χ3v) is 4.81. The number of halogens is 1. The van der Waals surface area contributed by atoms with E-state index < -0.39 is 0 Å². The Morgan fingerprint density at radius 1 is 1.26 bits per heavy atom. The highest BCUT2D eigenvalue weighted by Crippen LogP contribution is 2.22. The van der Waals surface area contributed by atoms with Gasteiger partial charge < -0.3 is 20.3 Å². The summed E-state index contributed by atoms with van der Waals surface area (Å²) < 4.78 is 5.86. The molecule has 0 amide bonds. The van der Waals surface area contributed by atoms with E-state index in [-0.39, 0.29) is 30.1 Å². The lowest BCUT2D eigenvalue weighted by atomic mass is 10.1. The maximum absolute atomic E-state index is 5.86. The van der Waals surface area contributed by atoms with Gasteiger partial charge in [-0.15, -0.1) is 35.7 Å². The first-order chi connectivity index (χ1) is 12.5. The summed E-state index contributed by atoms with van der Waals surface area (Å²) in [5, 5.41) is 6.77. The maximum atomic E-state index is 5.86. The van der Waals surface area contributed by atoms with Gasteiger partial charge in [-0.2, -0.15) is 0 Å². The molecule has 0 saturated carbocycles. The van der Waals surface area contributed by atoms with Crippen LogP contribution in [0.25, 0.3) is 0 Å². The van der Waals surface area contributed by atoms with Crippen molar-refractivity contribution in [2.24, 2.45) is 4.99 Å². The van der Waals surface area contributed by atoms with Crippen molar-refractivity contribution in [2.45, 2.75) is 44.7 Å². The number of aliphatic imine (C=N–C) groups is 1. The van der Waals surface area contributed by atoms with Crippen LogP contribution < -0.4 is 10.6 Å². The highest BCUT2D eigenvalue weighted by atomic mass is 127. The Hall–Kier alpha value is -0.510. The first-order valence-corrected chi connectivity index (χ1v) is 10.6. The number of ether oxygens (including phenoxy) is 1. The van der Waals surface area contributed by atoms with Gasteiger partial charge in [0.1, 0.15) is 0 Å². The molecule has 0 aliphatic rings. The van der Waals surface area contributed by atoms with Crippen molar-refractivity contribution in [3.8, 4) is 0 Å². The smallest absolute Gasteiger partial charge is 0.191 e. The van der Waals surface area contributed by atoms with Crippen molar-refractivity contribution in [1.82, 2.24) is 15.5 Å². The summed E-state index contributed by atoms with van der Waals surface area (Å²) in [6, 6.07) is 6.55. The fourth-order valence-corrected chi connectivity index (χ4v) is 3.28. The van der Waals surface area contributed by atoms with Crippen molar-refractivity contribution in [1.29, 1.82) is 0 Å². The summed E-state index contributed by atoms with van der Waals surface area (Å²) in [4.78, 5) is 8.25. The van der Waals surface area contributed by atoms with E-state index in [1.807, 2.05) is 6.92 Å². The zero-order chi connectivity index (χ0) is 19.4. The standard InChI is InChI=1S/C20H36N4OS.HI/c1-7-21-20(23-15-18(25-8-2)11-12-24(4)5)22-14-17-10-9-16(3)13-19(17)26-6;/h9-10,13,18H,7-8,11-12,14-15H2,1-6H3,(H2,21,22,23);1H. The van der Waals surface area contributed by atoms with Crippen LogP contribution in [0, 0.1) is 6.92 Å². The molecule has 1 aromatic carbocycles. The summed E-state index contributed by atoms with van der Waals surface area (Å²) in [5.74, 6) is 0.842. The number of guanidine groups is 1. The van der Waals surface area contributed by atoms with E-state index in [1.165, 1.54) is 16.0 Å². The Labute approximate surface area is 187 Å². The average Bonchev–Trinajstić information content (AvgIpc) is 2.62. The zero-order valence-corrected chi connectivity index (χ0v) is 20.8. The Morgan fingerprint density at radius 3 is 2.59 bits per heavy atom. The van der Waals surface area contributed by atoms with Gasteiger partial charge in [-0.1, -0.05) is 12.1 Å². The SMILES string of the molecule is CCNC(=NCc1ccc(C)cc1SC)NCC(CCN(C)C)OCC.I. The van der Waals surface area contributed by atoms with Gasteiger partial charge in [0.25, 0.3) is 0 Å². The largest absolute Gasteiger partial charge is 0.377 e. The average molecular weight is 509 g/mol. The molecule has 1 atom stereocenters. The van der Waals surface area contributed by atoms with Gasteiger partial charge in [-0.25, -0.2) is 4.99 Å². The summed E-state index contributed by atoms with van der Waals surface area (Å²) in [5.41, 5.74) is 2.54. The van der Waals surface area contributed by atoms with E-state index >= 15 is 0 Å². The lowest BCUT2D eigenvalue weighted by Crippen LogP contribution is -2.42. The van der Waals surface area contributed by atoms with Gasteiger partial charge in [0.15, 0.2) is 5.96 Å². The van der Waals surface area contributed by atoms with Gasteiger partial charge in [0, 0.05) is 31.1 Å². The summed E-state index contributed by atoms with van der Waals surface area (Å²) in [7, 11) is 4.18. The highest BCUT2D eigenvalue weighted by Gasteiger charge is 2.10. The van der Waals surface area contributed by atoms with E-state index in [2.05, 4.69) is 67.9 Å². The molecule has 0 aliphatic heterocycles. The molecule has 0 radical (unpaired) electrons. The first kappa shape index (κ1) is 26.5. The normalized spacial score (nSPS) is 12.6. The number of rotatable bonds is 11. The number of nitrogens with zero attached hydrogens (tertiary/aromatic N) is 2. The van der Waals surface area contributed by atoms with Crippen LogP contribution in [0.1, 0.15) is 31.4 Å². The Bertz CT molecular complexity index is 555. The van der Waals surface area contributed by atoms with Crippen LogP contribution in [0.3, 0.4) is 0 Å². The summed E-state index contributed by atoms with van der Waals surface area (Å²) in [6.45, 7) is 10.3. The van der Waals surface area contributed by atoms with Crippen LogP contribution in [0.15, 0.2) is 28.1 Å². The predicted octanol–water partition coefficient (Wildman–Crippen LogP) is 3.75. The monoisotopic (exact) mass is 508 g/mol. The number of hydrogen-bond acceptors (Lipinski definition) is 4. The number of thioether (sulfide) groups is 1. The van der Waals surface area contributed by atoms with Crippen LogP contribution >= 0.6 is 35.7 Å². The van der Waals surface area contributed by atoms with E-state index in [4.69, 9.17) is 9.73 Å². The van der Waals surface area contributed by atoms with Gasteiger partial charge in [-0.3, -0.25) is 0 Å². The first-order valence-electron chi connectivity index (χ1n) is 9.42. The molecule has 7 heteroatoms. The molecule has 27 heavy (non-hydrogen) atoms. The molecule has 0 saturated heterocycles. The van der Waals surface area contributed by atoms with Crippen LogP contribution in [0.4, 0.5) is 0 Å². The second kappa shape index (κ2) is 15.4. The molecule has 0 aliphatic carbocycles. The number of benzene rings is 1. The quantitative estimate of drug-likeness (QED) is 0.207. The minimum atomic E-state index is 0. The van der Waals surface area contributed by atoms with E-state index in [0.29, 0.717) is 6.54 Å². The lowest BCUT2D eigenvalue weighted by molar-refractivity contribution is 0.0548. The molecular formula is C20H37IN4OS. The zero-order valence-electron chi connectivity index (χ0n) is 17.7. The van der Waals surface area contributed by atoms with E-state index in [0.717, 1.165) is 38.6 Å². The van der Waals surface area contributed by atoms with Crippen molar-refractivity contribution >= 4 is 41.7 Å². The maximum Gasteiger partial charge on any atom is 0.191 e. The summed E-state index contributed by atoms with van der Waals surface area (Å²) in [6.07, 6.45) is 3.30. The molecule has 156 valence electrons. The van der Waals surface area contributed by atoms with Crippen molar-refractivity contribution in [2.75, 3.05) is 46.6 Å².